The van der Waals surface area contributed by atoms with Gasteiger partial charge in [0.15, 0.2) is 0 Å². The largest absolute Gasteiger partial charge is 0.478 e. The lowest BCUT2D eigenvalue weighted by Crippen LogP contribution is -2.60. The Labute approximate surface area is 141 Å². The van der Waals surface area contributed by atoms with Crippen LogP contribution in [0.4, 0.5) is 0 Å². The van der Waals surface area contributed by atoms with Crippen molar-refractivity contribution in [2.45, 2.75) is 30.7 Å². The summed E-state index contributed by atoms with van der Waals surface area (Å²) in [6.07, 6.45) is -8.07. The standard InChI is InChI=1S/C13H16O11S/c14-9-8(5-22-25(19,20)21)24-13(11(16)10(9)15)23-7-3-1-6(2-4-7)12(17)18/h1-4,8-11,13-16H,5H2,(H,17,18)(H,19,20,21)/t8-,9+,10-,11+,13-/m0/s1. The molecule has 11 nitrogen and oxygen atoms in total. The minimum Gasteiger partial charge on any atom is -0.478 e. The van der Waals surface area contributed by atoms with Gasteiger partial charge in [-0.2, -0.15) is 8.42 Å². The number of ether oxygens (including phenoxy) is 2. The summed E-state index contributed by atoms with van der Waals surface area (Å²) in [6, 6.07) is 5.02. The van der Waals surface area contributed by atoms with E-state index in [9.17, 15) is 28.5 Å². The van der Waals surface area contributed by atoms with Gasteiger partial charge in [-0.25, -0.2) is 8.98 Å². The number of aromatic carboxylic acids is 1. The fourth-order valence-corrected chi connectivity index (χ4v) is 2.42. The maximum Gasteiger partial charge on any atom is 0.397 e. The molecule has 140 valence electrons. The van der Waals surface area contributed by atoms with Gasteiger partial charge in [-0.15, -0.1) is 0 Å². The Kier molecular flexibility index (Phi) is 5.95. The normalized spacial score (nSPS) is 30.0. The van der Waals surface area contributed by atoms with Crippen LogP contribution in [-0.2, 0) is 19.3 Å². The summed E-state index contributed by atoms with van der Waals surface area (Å²) in [5.41, 5.74) is -0.00709. The summed E-state index contributed by atoms with van der Waals surface area (Å²) in [5.74, 6) is -1.06. The maximum absolute atomic E-state index is 10.8. The molecule has 1 fully saturated rings. The molecule has 2 rings (SSSR count). The molecule has 0 saturated carbocycles. The van der Waals surface area contributed by atoms with Gasteiger partial charge in [0.2, 0.25) is 6.29 Å². The molecule has 1 aromatic rings. The smallest absolute Gasteiger partial charge is 0.397 e. The molecule has 0 spiro atoms. The lowest BCUT2D eigenvalue weighted by atomic mass is 9.99. The second kappa shape index (κ2) is 7.61. The van der Waals surface area contributed by atoms with Crippen molar-refractivity contribution in [2.75, 3.05) is 6.61 Å². The van der Waals surface area contributed by atoms with Crippen LogP contribution in [-0.4, -0.2) is 76.7 Å². The number of benzene rings is 1. The van der Waals surface area contributed by atoms with E-state index in [0.717, 1.165) is 0 Å². The van der Waals surface area contributed by atoms with Gasteiger partial charge in [0.1, 0.15) is 30.2 Å². The van der Waals surface area contributed by atoms with E-state index in [1.54, 1.807) is 0 Å². The molecule has 1 aromatic carbocycles. The zero-order valence-electron chi connectivity index (χ0n) is 12.5. The summed E-state index contributed by atoms with van der Waals surface area (Å²) in [4.78, 5) is 10.8. The summed E-state index contributed by atoms with van der Waals surface area (Å²) < 4.78 is 44.3. The van der Waals surface area contributed by atoms with Gasteiger partial charge in [0.05, 0.1) is 12.2 Å². The number of carbonyl (C=O) groups is 1. The average Bonchev–Trinajstić information content (AvgIpc) is 2.54. The molecule has 25 heavy (non-hydrogen) atoms. The van der Waals surface area contributed by atoms with Crippen LogP contribution in [0.3, 0.4) is 0 Å². The van der Waals surface area contributed by atoms with Crippen LogP contribution in [0.2, 0.25) is 0 Å². The van der Waals surface area contributed by atoms with E-state index in [1.165, 1.54) is 24.3 Å². The fraction of sp³-hybridized carbons (Fsp3) is 0.462. The third kappa shape index (κ3) is 5.09. The number of rotatable bonds is 6. The molecular formula is C13H16O11S. The van der Waals surface area contributed by atoms with E-state index in [4.69, 9.17) is 19.1 Å². The van der Waals surface area contributed by atoms with Crippen LogP contribution in [0, 0.1) is 0 Å². The second-order valence-electron chi connectivity index (χ2n) is 5.17. The summed E-state index contributed by atoms with van der Waals surface area (Å²) in [5, 5.41) is 38.3. The average molecular weight is 380 g/mol. The number of hydrogen-bond donors (Lipinski definition) is 5. The van der Waals surface area contributed by atoms with Crippen molar-refractivity contribution in [2.24, 2.45) is 0 Å². The first-order chi connectivity index (χ1) is 11.6. The molecule has 1 aliphatic heterocycles. The SMILES string of the molecule is O=C(O)c1ccc(O[C@H]2O[C@@H](COS(=O)(=O)O)[C@@H](O)[C@H](O)[C@H]2O)cc1. The van der Waals surface area contributed by atoms with Gasteiger partial charge in [0, 0.05) is 0 Å². The number of carboxylic acid groups (broad SMARTS) is 1. The second-order valence-corrected chi connectivity index (χ2v) is 6.27. The quantitative estimate of drug-likeness (QED) is 0.358. The number of carboxylic acids is 1. The molecule has 5 atom stereocenters. The summed E-state index contributed by atoms with van der Waals surface area (Å²) in [7, 11) is -4.80. The number of aliphatic hydroxyl groups is 3. The van der Waals surface area contributed by atoms with E-state index >= 15 is 0 Å². The van der Waals surface area contributed by atoms with E-state index in [2.05, 4.69) is 4.18 Å². The Morgan fingerprint density at radius 2 is 1.68 bits per heavy atom. The number of hydrogen-bond acceptors (Lipinski definition) is 9. The lowest BCUT2D eigenvalue weighted by molar-refractivity contribution is -0.276. The first-order valence-electron chi connectivity index (χ1n) is 6.90. The first kappa shape index (κ1) is 19.5. The van der Waals surface area contributed by atoms with Crippen LogP contribution in [0.1, 0.15) is 10.4 Å². The van der Waals surface area contributed by atoms with E-state index in [-0.39, 0.29) is 11.3 Å². The molecule has 0 radical (unpaired) electrons. The predicted octanol–water partition coefficient (Wildman–Crippen LogP) is -1.61. The Morgan fingerprint density at radius 3 is 2.20 bits per heavy atom. The third-order valence-electron chi connectivity index (χ3n) is 3.40. The Bertz CT molecular complexity index is 701. The maximum atomic E-state index is 10.8. The van der Waals surface area contributed by atoms with E-state index in [1.807, 2.05) is 0 Å². The molecule has 0 aromatic heterocycles. The van der Waals surface area contributed by atoms with Gasteiger partial charge in [-0.1, -0.05) is 0 Å². The van der Waals surface area contributed by atoms with Crippen molar-refractivity contribution in [3.63, 3.8) is 0 Å². The lowest BCUT2D eigenvalue weighted by Gasteiger charge is -2.39. The van der Waals surface area contributed by atoms with Crippen LogP contribution in [0.5, 0.6) is 5.75 Å². The van der Waals surface area contributed by atoms with Gasteiger partial charge in [-0.3, -0.25) is 4.55 Å². The van der Waals surface area contributed by atoms with Crippen molar-refractivity contribution in [1.29, 1.82) is 0 Å². The van der Waals surface area contributed by atoms with Gasteiger partial charge in [0.25, 0.3) is 0 Å². The molecule has 1 heterocycles. The predicted molar refractivity (Wildman–Crippen MR) is 78.2 cm³/mol. The topological polar surface area (TPSA) is 180 Å². The Balaban J connectivity index is 2.08. The number of aliphatic hydroxyl groups excluding tert-OH is 3. The fourth-order valence-electron chi connectivity index (χ4n) is 2.11. The van der Waals surface area contributed by atoms with Crippen LogP contribution in [0.25, 0.3) is 0 Å². The highest BCUT2D eigenvalue weighted by molar-refractivity contribution is 7.80. The first-order valence-corrected chi connectivity index (χ1v) is 8.26. The zero-order valence-corrected chi connectivity index (χ0v) is 13.3. The molecule has 0 aliphatic carbocycles. The molecule has 5 N–H and O–H groups in total. The van der Waals surface area contributed by atoms with Crippen molar-refractivity contribution in [3.05, 3.63) is 29.8 Å². The van der Waals surface area contributed by atoms with Crippen molar-refractivity contribution < 1.29 is 51.8 Å². The Morgan fingerprint density at radius 1 is 1.08 bits per heavy atom. The van der Waals surface area contributed by atoms with Crippen molar-refractivity contribution in [1.82, 2.24) is 0 Å². The highest BCUT2D eigenvalue weighted by Crippen LogP contribution is 2.25. The van der Waals surface area contributed by atoms with Crippen molar-refractivity contribution >= 4 is 16.4 Å². The van der Waals surface area contributed by atoms with E-state index in [0.29, 0.717) is 0 Å². The van der Waals surface area contributed by atoms with Gasteiger partial charge >= 0.3 is 16.4 Å². The Hall–Kier alpha value is -1.80. The van der Waals surface area contributed by atoms with Gasteiger partial charge in [-0.05, 0) is 24.3 Å². The van der Waals surface area contributed by atoms with Gasteiger partial charge < -0.3 is 29.9 Å². The third-order valence-corrected chi connectivity index (χ3v) is 3.84. The highest BCUT2D eigenvalue weighted by atomic mass is 32.3. The molecule has 0 bridgehead atoms. The van der Waals surface area contributed by atoms with Crippen LogP contribution < -0.4 is 4.74 Å². The highest BCUT2D eigenvalue weighted by Gasteiger charge is 2.45. The molecular weight excluding hydrogens is 364 g/mol. The molecule has 12 heteroatoms. The van der Waals surface area contributed by atoms with Crippen LogP contribution in [0.15, 0.2) is 24.3 Å². The monoisotopic (exact) mass is 380 g/mol. The van der Waals surface area contributed by atoms with Crippen molar-refractivity contribution in [3.8, 4) is 5.75 Å². The molecule has 0 amide bonds. The molecule has 0 unspecified atom stereocenters. The summed E-state index contributed by atoms with van der Waals surface area (Å²) in [6.45, 7) is -0.832. The molecule has 1 saturated heterocycles. The molecule has 1 aliphatic rings. The summed E-state index contributed by atoms with van der Waals surface area (Å²) >= 11 is 0. The minimum absolute atomic E-state index is 0.00709. The zero-order chi connectivity index (χ0) is 18.8. The van der Waals surface area contributed by atoms with E-state index < -0.39 is 53.7 Å². The minimum atomic E-state index is -4.80. The van der Waals surface area contributed by atoms with Crippen LogP contribution >= 0.6 is 0 Å².